The maximum atomic E-state index is 14.5. The van der Waals surface area contributed by atoms with Crippen LogP contribution in [-0.4, -0.2) is 0 Å². The molecule has 3 rings (SSSR count). The van der Waals surface area contributed by atoms with E-state index in [1.54, 1.807) is 18.2 Å². The van der Waals surface area contributed by atoms with E-state index < -0.39 is 17.5 Å². The molecule has 0 aromatic heterocycles. The lowest BCUT2D eigenvalue weighted by atomic mass is 9.80. The average Bonchev–Trinajstić information content (AvgIpc) is 2.72. The van der Waals surface area contributed by atoms with Gasteiger partial charge in [0.25, 0.3) is 0 Å². The maximum absolute atomic E-state index is 14.5. The highest BCUT2D eigenvalue weighted by Gasteiger charge is 2.18. The van der Waals surface area contributed by atoms with Gasteiger partial charge in [-0.2, -0.15) is 5.26 Å². The van der Waals surface area contributed by atoms with Crippen molar-refractivity contribution in [2.24, 2.45) is 11.8 Å². The van der Waals surface area contributed by atoms with Crippen molar-refractivity contribution >= 4 is 11.7 Å². The van der Waals surface area contributed by atoms with Crippen molar-refractivity contribution < 1.29 is 13.2 Å². The molecule has 146 valence electrons. The molecule has 2 aromatic rings. The highest BCUT2D eigenvalue weighted by Crippen LogP contribution is 2.32. The molecule has 28 heavy (non-hydrogen) atoms. The van der Waals surface area contributed by atoms with Crippen LogP contribution in [-0.2, 0) is 6.42 Å². The van der Waals surface area contributed by atoms with Crippen LogP contribution >= 0.6 is 0 Å². The summed E-state index contributed by atoms with van der Waals surface area (Å²) >= 11 is 0. The molecule has 0 amide bonds. The van der Waals surface area contributed by atoms with Crippen LogP contribution in [0.1, 0.15) is 61.3 Å². The number of hydrogen-bond donors (Lipinski definition) is 0. The number of halogens is 3. The fraction of sp³-hybridized carbons (Fsp3) is 0.375. The Morgan fingerprint density at radius 1 is 0.964 bits per heavy atom. The normalized spacial score (nSPS) is 20.4. The monoisotopic (exact) mass is 383 g/mol. The van der Waals surface area contributed by atoms with E-state index in [-0.39, 0.29) is 16.7 Å². The molecule has 4 heteroatoms. The van der Waals surface area contributed by atoms with Gasteiger partial charge < -0.3 is 0 Å². The molecule has 0 N–H and O–H groups in total. The zero-order chi connectivity index (χ0) is 20.1. The molecule has 2 aromatic carbocycles. The van der Waals surface area contributed by atoms with Gasteiger partial charge in [-0.05, 0) is 42.4 Å². The molecule has 0 bridgehead atoms. The lowest BCUT2D eigenvalue weighted by Gasteiger charge is -2.26. The molecule has 1 aliphatic carbocycles. The third-order valence-corrected chi connectivity index (χ3v) is 5.72. The van der Waals surface area contributed by atoms with Gasteiger partial charge in [0, 0.05) is 11.1 Å². The predicted molar refractivity (Wildman–Crippen MR) is 106 cm³/mol. The first kappa shape index (κ1) is 20.2. The summed E-state index contributed by atoms with van der Waals surface area (Å²) < 4.78 is 42.6. The number of aryl methyl sites for hydroxylation is 1. The van der Waals surface area contributed by atoms with Gasteiger partial charge in [-0.3, -0.25) is 0 Å². The second kappa shape index (κ2) is 9.10. The van der Waals surface area contributed by atoms with Crippen molar-refractivity contribution in [1.82, 2.24) is 0 Å². The van der Waals surface area contributed by atoms with Gasteiger partial charge >= 0.3 is 0 Å². The van der Waals surface area contributed by atoms with E-state index in [0.717, 1.165) is 42.4 Å². The summed E-state index contributed by atoms with van der Waals surface area (Å²) in [6, 6.07) is 11.6. The molecule has 1 nitrogen and oxygen atoms in total. The van der Waals surface area contributed by atoms with Crippen molar-refractivity contribution in [3.05, 3.63) is 70.5 Å². The minimum absolute atomic E-state index is 0.123. The fourth-order valence-corrected chi connectivity index (χ4v) is 3.80. The van der Waals surface area contributed by atoms with Crippen LogP contribution in [0.3, 0.4) is 0 Å². The summed E-state index contributed by atoms with van der Waals surface area (Å²) in [6.45, 7) is 2.31. The Morgan fingerprint density at radius 2 is 1.57 bits per heavy atom. The Hall–Kier alpha value is -2.54. The van der Waals surface area contributed by atoms with Crippen LogP contribution in [0.25, 0.3) is 11.7 Å². The van der Waals surface area contributed by atoms with E-state index in [4.69, 9.17) is 5.26 Å². The fourth-order valence-electron chi connectivity index (χ4n) is 3.80. The van der Waals surface area contributed by atoms with Crippen molar-refractivity contribution in [2.45, 2.75) is 45.4 Å². The Bertz CT molecular complexity index is 885. The summed E-state index contributed by atoms with van der Waals surface area (Å²) in [5.41, 5.74) is 0.816. The maximum Gasteiger partial charge on any atom is 0.166 e. The number of benzene rings is 2. The van der Waals surface area contributed by atoms with Gasteiger partial charge in [-0.15, -0.1) is 0 Å². The van der Waals surface area contributed by atoms with Crippen molar-refractivity contribution in [1.29, 1.82) is 5.26 Å². The summed E-state index contributed by atoms with van der Waals surface area (Å²) in [4.78, 5) is 0. The van der Waals surface area contributed by atoms with E-state index >= 15 is 0 Å². The highest BCUT2D eigenvalue weighted by atomic mass is 19.2. The molecule has 1 saturated carbocycles. The van der Waals surface area contributed by atoms with Crippen LogP contribution in [0.2, 0.25) is 0 Å². The molecule has 0 unspecified atom stereocenters. The number of nitrogens with zero attached hydrogens (tertiary/aromatic N) is 1. The van der Waals surface area contributed by atoms with E-state index in [1.165, 1.54) is 31.7 Å². The quantitative estimate of drug-likeness (QED) is 0.500. The minimum atomic E-state index is -1.13. The van der Waals surface area contributed by atoms with Crippen LogP contribution in [0.5, 0.6) is 0 Å². The minimum Gasteiger partial charge on any atom is -0.206 e. The molecule has 1 aliphatic rings. The highest BCUT2D eigenvalue weighted by molar-refractivity contribution is 5.83. The number of hydrogen-bond acceptors (Lipinski definition) is 1. The van der Waals surface area contributed by atoms with Crippen LogP contribution in [0.15, 0.2) is 42.5 Å². The molecule has 0 radical (unpaired) electrons. The van der Waals surface area contributed by atoms with E-state index in [1.807, 2.05) is 12.1 Å². The summed E-state index contributed by atoms with van der Waals surface area (Å²) in [7, 11) is 0. The molecular formula is C24H24F3N. The van der Waals surface area contributed by atoms with Gasteiger partial charge in [-0.1, -0.05) is 62.9 Å². The van der Waals surface area contributed by atoms with Crippen LogP contribution < -0.4 is 0 Å². The average molecular weight is 383 g/mol. The third kappa shape index (κ3) is 4.84. The Kier molecular flexibility index (Phi) is 6.57. The van der Waals surface area contributed by atoms with Gasteiger partial charge in [0.1, 0.15) is 11.9 Å². The lowest BCUT2D eigenvalue weighted by Crippen LogP contribution is -2.12. The SMILES string of the molecule is C[C@H]1CC[C@H](CCc2ccc(C(F)=C(F)c3ccc(C#N)c(F)c3)cc2)CC1. The molecule has 0 heterocycles. The standard InChI is InChI=1S/C24H24F3N/c1-16-2-4-17(5-3-16)6-7-18-8-10-19(11-9-18)23(26)24(27)20-12-13-21(15-28)22(25)14-20/h8-14,16-17H,2-7H2,1H3/t16-,17-. The Morgan fingerprint density at radius 3 is 2.18 bits per heavy atom. The topological polar surface area (TPSA) is 23.8 Å². The van der Waals surface area contributed by atoms with E-state index in [0.29, 0.717) is 0 Å². The summed E-state index contributed by atoms with van der Waals surface area (Å²) in [5.74, 6) is -1.43. The largest absolute Gasteiger partial charge is 0.206 e. The number of rotatable bonds is 5. The van der Waals surface area contributed by atoms with Gasteiger partial charge in [-0.25, -0.2) is 13.2 Å². The van der Waals surface area contributed by atoms with E-state index in [2.05, 4.69) is 6.92 Å². The molecule has 0 aliphatic heterocycles. The van der Waals surface area contributed by atoms with Crippen molar-refractivity contribution in [3.8, 4) is 6.07 Å². The molecule has 0 spiro atoms. The first-order valence-electron chi connectivity index (χ1n) is 9.82. The molecular weight excluding hydrogens is 359 g/mol. The predicted octanol–water partition coefficient (Wildman–Crippen LogP) is 7.22. The third-order valence-electron chi connectivity index (χ3n) is 5.72. The molecule has 0 saturated heterocycles. The first-order valence-corrected chi connectivity index (χ1v) is 9.82. The van der Waals surface area contributed by atoms with Crippen molar-refractivity contribution in [2.75, 3.05) is 0 Å². The molecule has 1 fully saturated rings. The second-order valence-electron chi connectivity index (χ2n) is 7.80. The smallest absolute Gasteiger partial charge is 0.166 e. The van der Waals surface area contributed by atoms with Gasteiger partial charge in [0.2, 0.25) is 0 Å². The van der Waals surface area contributed by atoms with Crippen molar-refractivity contribution in [3.63, 3.8) is 0 Å². The second-order valence-corrected chi connectivity index (χ2v) is 7.80. The lowest BCUT2D eigenvalue weighted by molar-refractivity contribution is 0.278. The van der Waals surface area contributed by atoms with Crippen LogP contribution in [0.4, 0.5) is 13.2 Å². The number of nitriles is 1. The zero-order valence-corrected chi connectivity index (χ0v) is 16.0. The van der Waals surface area contributed by atoms with Gasteiger partial charge in [0.15, 0.2) is 11.7 Å². The Balaban J connectivity index is 1.67. The molecule has 0 atom stereocenters. The summed E-state index contributed by atoms with van der Waals surface area (Å²) in [5, 5.41) is 8.73. The van der Waals surface area contributed by atoms with Crippen LogP contribution in [0, 0.1) is 29.0 Å². The Labute approximate surface area is 164 Å². The van der Waals surface area contributed by atoms with E-state index in [9.17, 15) is 13.2 Å². The van der Waals surface area contributed by atoms with Gasteiger partial charge in [0.05, 0.1) is 5.56 Å². The first-order chi connectivity index (χ1) is 13.5. The summed E-state index contributed by atoms with van der Waals surface area (Å²) in [6.07, 6.45) is 7.23. The zero-order valence-electron chi connectivity index (χ0n) is 16.0.